The standard InChI is InChI=1S/C15H25BrN2O/c1-4-8-17-12-13-6-7-15(14(16)11-13)18(5-2)9-10-19-3/h6-7,11,17H,4-5,8-10,12H2,1-3H3. The predicted octanol–water partition coefficient (Wildman–Crippen LogP) is 3.42. The van der Waals surface area contributed by atoms with Gasteiger partial charge in [0.25, 0.3) is 0 Å². The van der Waals surface area contributed by atoms with Crippen LogP contribution in [0.4, 0.5) is 5.69 Å². The zero-order valence-corrected chi connectivity index (χ0v) is 13.8. The highest BCUT2D eigenvalue weighted by Gasteiger charge is 2.08. The van der Waals surface area contributed by atoms with Crippen LogP contribution in [0.1, 0.15) is 25.8 Å². The molecule has 1 aromatic carbocycles. The Kier molecular flexibility index (Phi) is 8.10. The number of benzene rings is 1. The molecule has 1 rings (SSSR count). The Bertz CT molecular complexity index is 371. The van der Waals surface area contributed by atoms with Gasteiger partial charge >= 0.3 is 0 Å². The summed E-state index contributed by atoms with van der Waals surface area (Å²) in [5, 5.41) is 3.42. The molecular weight excluding hydrogens is 304 g/mol. The summed E-state index contributed by atoms with van der Waals surface area (Å²) in [5.41, 5.74) is 2.55. The van der Waals surface area contributed by atoms with Gasteiger partial charge in [0.05, 0.1) is 12.3 Å². The van der Waals surface area contributed by atoms with Gasteiger partial charge in [-0.2, -0.15) is 0 Å². The van der Waals surface area contributed by atoms with E-state index in [-0.39, 0.29) is 0 Å². The van der Waals surface area contributed by atoms with Crippen LogP contribution < -0.4 is 10.2 Å². The average Bonchev–Trinajstić information content (AvgIpc) is 2.41. The summed E-state index contributed by atoms with van der Waals surface area (Å²) in [7, 11) is 1.74. The molecule has 0 aliphatic rings. The van der Waals surface area contributed by atoms with Crippen LogP contribution in [-0.4, -0.2) is 33.4 Å². The summed E-state index contributed by atoms with van der Waals surface area (Å²) in [6, 6.07) is 6.58. The maximum atomic E-state index is 5.16. The van der Waals surface area contributed by atoms with E-state index in [4.69, 9.17) is 4.74 Å². The van der Waals surface area contributed by atoms with Crippen LogP contribution in [0.25, 0.3) is 0 Å². The quantitative estimate of drug-likeness (QED) is 0.703. The van der Waals surface area contributed by atoms with Gasteiger partial charge in [0, 0.05) is 31.2 Å². The van der Waals surface area contributed by atoms with E-state index in [1.165, 1.54) is 17.7 Å². The first-order chi connectivity index (χ1) is 9.22. The lowest BCUT2D eigenvalue weighted by Crippen LogP contribution is -2.27. The highest BCUT2D eigenvalue weighted by molar-refractivity contribution is 9.10. The first kappa shape index (κ1) is 16.5. The minimum absolute atomic E-state index is 0.750. The first-order valence-electron chi connectivity index (χ1n) is 6.95. The summed E-state index contributed by atoms with van der Waals surface area (Å²) in [6.07, 6.45) is 1.17. The molecule has 0 heterocycles. The molecule has 4 heteroatoms. The third-order valence-electron chi connectivity index (χ3n) is 3.06. The van der Waals surface area contributed by atoms with Crippen LogP contribution in [-0.2, 0) is 11.3 Å². The topological polar surface area (TPSA) is 24.5 Å². The minimum Gasteiger partial charge on any atom is -0.383 e. The monoisotopic (exact) mass is 328 g/mol. The van der Waals surface area contributed by atoms with Crippen molar-refractivity contribution in [3.8, 4) is 0 Å². The molecule has 1 aromatic rings. The second-order valence-corrected chi connectivity index (χ2v) is 5.39. The van der Waals surface area contributed by atoms with Gasteiger partial charge in [-0.15, -0.1) is 0 Å². The minimum atomic E-state index is 0.750. The van der Waals surface area contributed by atoms with Gasteiger partial charge in [-0.3, -0.25) is 0 Å². The Morgan fingerprint density at radius 1 is 1.32 bits per heavy atom. The molecule has 3 nitrogen and oxygen atoms in total. The van der Waals surface area contributed by atoms with E-state index in [9.17, 15) is 0 Å². The van der Waals surface area contributed by atoms with Crippen LogP contribution in [0.5, 0.6) is 0 Å². The van der Waals surface area contributed by atoms with Crippen molar-refractivity contribution in [3.05, 3.63) is 28.2 Å². The van der Waals surface area contributed by atoms with E-state index in [1.54, 1.807) is 7.11 Å². The normalized spacial score (nSPS) is 10.7. The summed E-state index contributed by atoms with van der Waals surface area (Å²) in [4.78, 5) is 2.32. The van der Waals surface area contributed by atoms with Crippen LogP contribution >= 0.6 is 15.9 Å². The van der Waals surface area contributed by atoms with Gasteiger partial charge in [0.1, 0.15) is 0 Å². The van der Waals surface area contributed by atoms with E-state index in [0.29, 0.717) is 0 Å². The molecule has 0 spiro atoms. The molecule has 19 heavy (non-hydrogen) atoms. The summed E-state index contributed by atoms with van der Waals surface area (Å²) < 4.78 is 6.31. The van der Waals surface area contributed by atoms with Crippen LogP contribution in [0.3, 0.4) is 0 Å². The average molecular weight is 329 g/mol. The Morgan fingerprint density at radius 3 is 2.68 bits per heavy atom. The summed E-state index contributed by atoms with van der Waals surface area (Å²) in [6.45, 7) is 8.99. The van der Waals surface area contributed by atoms with E-state index in [2.05, 4.69) is 58.2 Å². The number of rotatable bonds is 9. The number of anilines is 1. The molecule has 0 saturated heterocycles. The second-order valence-electron chi connectivity index (χ2n) is 4.54. The number of halogens is 1. The van der Waals surface area contributed by atoms with E-state index < -0.39 is 0 Å². The third kappa shape index (κ3) is 5.51. The molecule has 0 saturated carbocycles. The number of nitrogens with zero attached hydrogens (tertiary/aromatic N) is 1. The predicted molar refractivity (Wildman–Crippen MR) is 85.9 cm³/mol. The molecule has 0 amide bonds. The van der Waals surface area contributed by atoms with Crippen molar-refractivity contribution in [2.75, 3.05) is 38.3 Å². The van der Waals surface area contributed by atoms with Crippen LogP contribution in [0, 0.1) is 0 Å². The van der Waals surface area contributed by atoms with Crippen molar-refractivity contribution in [3.63, 3.8) is 0 Å². The molecule has 1 N–H and O–H groups in total. The van der Waals surface area contributed by atoms with E-state index in [1.807, 2.05) is 0 Å². The molecule has 108 valence electrons. The zero-order chi connectivity index (χ0) is 14.1. The van der Waals surface area contributed by atoms with Gasteiger partial charge in [0.15, 0.2) is 0 Å². The molecule has 0 aliphatic heterocycles. The largest absolute Gasteiger partial charge is 0.383 e. The molecule has 0 aliphatic carbocycles. The van der Waals surface area contributed by atoms with Crippen molar-refractivity contribution in [1.29, 1.82) is 0 Å². The van der Waals surface area contributed by atoms with Crippen molar-refractivity contribution in [2.24, 2.45) is 0 Å². The Balaban J connectivity index is 2.69. The third-order valence-corrected chi connectivity index (χ3v) is 3.69. The fourth-order valence-electron chi connectivity index (χ4n) is 1.98. The fourth-order valence-corrected chi connectivity index (χ4v) is 2.65. The molecule has 0 aromatic heterocycles. The molecule has 0 atom stereocenters. The number of hydrogen-bond acceptors (Lipinski definition) is 3. The molecular formula is C15H25BrN2O. The summed E-state index contributed by atoms with van der Waals surface area (Å²) in [5.74, 6) is 0. The maximum Gasteiger partial charge on any atom is 0.0637 e. The number of ether oxygens (including phenoxy) is 1. The van der Waals surface area contributed by atoms with Crippen LogP contribution in [0.15, 0.2) is 22.7 Å². The van der Waals surface area contributed by atoms with Crippen molar-refractivity contribution in [1.82, 2.24) is 5.32 Å². The lowest BCUT2D eigenvalue weighted by molar-refractivity contribution is 0.205. The second kappa shape index (κ2) is 9.34. The molecule has 0 unspecified atom stereocenters. The molecule has 0 bridgehead atoms. The lowest BCUT2D eigenvalue weighted by Gasteiger charge is -2.24. The van der Waals surface area contributed by atoms with Gasteiger partial charge < -0.3 is 15.0 Å². The van der Waals surface area contributed by atoms with Crippen molar-refractivity contribution < 1.29 is 4.74 Å². The fraction of sp³-hybridized carbons (Fsp3) is 0.600. The van der Waals surface area contributed by atoms with Gasteiger partial charge in [-0.05, 0) is 53.5 Å². The summed E-state index contributed by atoms with van der Waals surface area (Å²) >= 11 is 3.68. The highest BCUT2D eigenvalue weighted by atomic mass is 79.9. The van der Waals surface area contributed by atoms with Crippen molar-refractivity contribution in [2.45, 2.75) is 26.8 Å². The Hall–Kier alpha value is -0.580. The lowest BCUT2D eigenvalue weighted by atomic mass is 10.2. The first-order valence-corrected chi connectivity index (χ1v) is 7.75. The van der Waals surface area contributed by atoms with Crippen molar-refractivity contribution >= 4 is 21.6 Å². The smallest absolute Gasteiger partial charge is 0.0637 e. The van der Waals surface area contributed by atoms with Gasteiger partial charge in [-0.25, -0.2) is 0 Å². The Morgan fingerprint density at radius 2 is 2.11 bits per heavy atom. The number of likely N-dealkylation sites (N-methyl/N-ethyl adjacent to an activating group) is 1. The molecule has 0 fully saturated rings. The Labute approximate surface area is 125 Å². The van der Waals surface area contributed by atoms with Gasteiger partial charge in [0.2, 0.25) is 0 Å². The molecule has 0 radical (unpaired) electrons. The number of methoxy groups -OCH3 is 1. The maximum absolute atomic E-state index is 5.16. The number of hydrogen-bond donors (Lipinski definition) is 1. The number of nitrogens with one attached hydrogen (secondary N) is 1. The zero-order valence-electron chi connectivity index (χ0n) is 12.2. The van der Waals surface area contributed by atoms with E-state index in [0.717, 1.165) is 37.3 Å². The highest BCUT2D eigenvalue weighted by Crippen LogP contribution is 2.27. The van der Waals surface area contributed by atoms with Crippen LogP contribution in [0.2, 0.25) is 0 Å². The van der Waals surface area contributed by atoms with Gasteiger partial charge in [-0.1, -0.05) is 13.0 Å². The SMILES string of the molecule is CCCNCc1ccc(N(CC)CCOC)c(Br)c1. The van der Waals surface area contributed by atoms with E-state index >= 15 is 0 Å².